The molecular weight excluding hydrogens is 226 g/mol. The molecule has 1 rings (SSSR count). The van der Waals surface area contributed by atoms with Gasteiger partial charge in [-0.25, -0.2) is 0 Å². The van der Waals surface area contributed by atoms with E-state index in [-0.39, 0.29) is 6.04 Å². The molecule has 0 radical (unpaired) electrons. The first-order chi connectivity index (χ1) is 8.77. The first-order valence-electron chi connectivity index (χ1n) is 6.67. The first-order valence-corrected chi connectivity index (χ1v) is 6.67. The van der Waals surface area contributed by atoms with Crippen molar-refractivity contribution < 1.29 is 9.47 Å². The van der Waals surface area contributed by atoms with Crippen LogP contribution in [0.5, 0.6) is 0 Å². The van der Waals surface area contributed by atoms with E-state index >= 15 is 0 Å². The van der Waals surface area contributed by atoms with Crippen molar-refractivity contribution >= 4 is 0 Å². The molecule has 102 valence electrons. The number of nitrogens with one attached hydrogen (secondary N) is 1. The van der Waals surface area contributed by atoms with Crippen molar-refractivity contribution in [2.24, 2.45) is 0 Å². The highest BCUT2D eigenvalue weighted by Crippen LogP contribution is 2.13. The molecule has 1 N–H and O–H groups in total. The van der Waals surface area contributed by atoms with E-state index in [1.165, 1.54) is 11.1 Å². The van der Waals surface area contributed by atoms with Gasteiger partial charge < -0.3 is 14.8 Å². The number of likely N-dealkylation sites (N-methyl/N-ethyl adjacent to an activating group) is 1. The van der Waals surface area contributed by atoms with Crippen LogP contribution in [-0.4, -0.2) is 33.5 Å². The predicted molar refractivity (Wildman–Crippen MR) is 74.9 cm³/mol. The number of rotatable bonds is 9. The molecule has 1 atom stereocenters. The minimum atomic E-state index is 0.247. The highest BCUT2D eigenvalue weighted by Gasteiger charge is 2.08. The van der Waals surface area contributed by atoms with Crippen LogP contribution < -0.4 is 5.32 Å². The Morgan fingerprint density at radius 2 is 1.72 bits per heavy atom. The Hall–Kier alpha value is -0.900. The number of aryl methyl sites for hydroxylation is 1. The van der Waals surface area contributed by atoms with Gasteiger partial charge in [0.25, 0.3) is 0 Å². The largest absolute Gasteiger partial charge is 0.379 e. The molecule has 0 aliphatic rings. The van der Waals surface area contributed by atoms with Gasteiger partial charge >= 0.3 is 0 Å². The zero-order valence-electron chi connectivity index (χ0n) is 11.7. The molecule has 1 unspecified atom stereocenters. The first kappa shape index (κ1) is 15.2. The average Bonchev–Trinajstić information content (AvgIpc) is 2.39. The SMILES string of the molecule is CCCOCCOCC(NC)c1ccc(C)cc1. The Bertz CT molecular complexity index is 311. The van der Waals surface area contributed by atoms with Gasteiger partial charge in [0.05, 0.1) is 25.9 Å². The monoisotopic (exact) mass is 251 g/mol. The fourth-order valence-electron chi connectivity index (χ4n) is 1.71. The van der Waals surface area contributed by atoms with Crippen LogP contribution in [0, 0.1) is 6.92 Å². The highest BCUT2D eigenvalue weighted by atomic mass is 16.5. The second-order valence-corrected chi connectivity index (χ2v) is 4.44. The average molecular weight is 251 g/mol. The smallest absolute Gasteiger partial charge is 0.0701 e. The summed E-state index contributed by atoms with van der Waals surface area (Å²) >= 11 is 0. The number of ether oxygens (including phenoxy) is 2. The molecule has 0 aliphatic carbocycles. The molecule has 1 aromatic carbocycles. The summed E-state index contributed by atoms with van der Waals surface area (Å²) in [7, 11) is 1.96. The number of hydrogen-bond donors (Lipinski definition) is 1. The third kappa shape index (κ3) is 5.63. The molecule has 3 nitrogen and oxygen atoms in total. The van der Waals surface area contributed by atoms with Crippen LogP contribution >= 0.6 is 0 Å². The summed E-state index contributed by atoms with van der Waals surface area (Å²) in [5.41, 5.74) is 2.54. The van der Waals surface area contributed by atoms with Crippen LogP contribution in [0.3, 0.4) is 0 Å². The molecule has 0 spiro atoms. The summed E-state index contributed by atoms with van der Waals surface area (Å²) < 4.78 is 11.0. The molecule has 3 heteroatoms. The fourth-order valence-corrected chi connectivity index (χ4v) is 1.71. The fraction of sp³-hybridized carbons (Fsp3) is 0.600. The van der Waals surface area contributed by atoms with E-state index in [0.717, 1.165) is 13.0 Å². The molecule has 18 heavy (non-hydrogen) atoms. The molecule has 1 aromatic rings. The third-order valence-corrected chi connectivity index (χ3v) is 2.83. The van der Waals surface area contributed by atoms with Crippen molar-refractivity contribution in [3.05, 3.63) is 35.4 Å². The molecule has 0 bridgehead atoms. The van der Waals surface area contributed by atoms with Crippen molar-refractivity contribution in [3.8, 4) is 0 Å². The molecule has 0 saturated carbocycles. The van der Waals surface area contributed by atoms with E-state index in [1.807, 2.05) is 7.05 Å². The molecule has 0 amide bonds. The zero-order valence-corrected chi connectivity index (χ0v) is 11.7. The standard InChI is InChI=1S/C15H25NO2/c1-4-9-17-10-11-18-12-15(16-3)14-7-5-13(2)6-8-14/h5-8,15-16H,4,9-12H2,1-3H3. The second-order valence-electron chi connectivity index (χ2n) is 4.44. The lowest BCUT2D eigenvalue weighted by atomic mass is 10.1. The van der Waals surface area contributed by atoms with Crippen LogP contribution in [-0.2, 0) is 9.47 Å². The molecule has 0 fully saturated rings. The van der Waals surface area contributed by atoms with E-state index in [1.54, 1.807) is 0 Å². The van der Waals surface area contributed by atoms with Crippen LogP contribution in [0.15, 0.2) is 24.3 Å². The lowest BCUT2D eigenvalue weighted by Gasteiger charge is -2.17. The van der Waals surface area contributed by atoms with Gasteiger partial charge in [0.1, 0.15) is 0 Å². The third-order valence-electron chi connectivity index (χ3n) is 2.83. The van der Waals surface area contributed by atoms with E-state index in [9.17, 15) is 0 Å². The van der Waals surface area contributed by atoms with Gasteiger partial charge in [0.2, 0.25) is 0 Å². The summed E-state index contributed by atoms with van der Waals surface area (Å²) in [6.07, 6.45) is 1.06. The van der Waals surface area contributed by atoms with Gasteiger partial charge in [-0.1, -0.05) is 36.8 Å². The maximum absolute atomic E-state index is 5.63. The Kier molecular flexibility index (Phi) is 7.65. The van der Waals surface area contributed by atoms with Gasteiger partial charge in [-0.2, -0.15) is 0 Å². The van der Waals surface area contributed by atoms with Crippen LogP contribution in [0.2, 0.25) is 0 Å². The van der Waals surface area contributed by atoms with Gasteiger partial charge in [0, 0.05) is 6.61 Å². The van der Waals surface area contributed by atoms with Crippen LogP contribution in [0.4, 0.5) is 0 Å². The van der Waals surface area contributed by atoms with Gasteiger partial charge in [-0.3, -0.25) is 0 Å². The van der Waals surface area contributed by atoms with E-state index in [2.05, 4.69) is 43.4 Å². The van der Waals surface area contributed by atoms with Crippen molar-refractivity contribution in [1.82, 2.24) is 5.32 Å². The Morgan fingerprint density at radius 3 is 2.33 bits per heavy atom. The summed E-state index contributed by atoms with van der Waals surface area (Å²) in [5, 5.41) is 3.27. The second kappa shape index (κ2) is 9.09. The molecular formula is C15H25NO2. The summed E-state index contributed by atoms with van der Waals surface area (Å²) in [5.74, 6) is 0. The maximum Gasteiger partial charge on any atom is 0.0701 e. The molecule has 0 aliphatic heterocycles. The van der Waals surface area contributed by atoms with E-state index < -0.39 is 0 Å². The number of hydrogen-bond acceptors (Lipinski definition) is 3. The molecule has 0 heterocycles. The summed E-state index contributed by atoms with van der Waals surface area (Å²) in [6.45, 7) is 7.03. The normalized spacial score (nSPS) is 12.6. The molecule has 0 aromatic heterocycles. The van der Waals surface area contributed by atoms with Crippen molar-refractivity contribution in [1.29, 1.82) is 0 Å². The Labute approximate surface area is 110 Å². The predicted octanol–water partition coefficient (Wildman–Crippen LogP) is 2.70. The topological polar surface area (TPSA) is 30.5 Å². The van der Waals surface area contributed by atoms with Crippen molar-refractivity contribution in [3.63, 3.8) is 0 Å². The minimum absolute atomic E-state index is 0.247. The highest BCUT2D eigenvalue weighted by molar-refractivity contribution is 5.24. The Morgan fingerprint density at radius 1 is 1.06 bits per heavy atom. The lowest BCUT2D eigenvalue weighted by Crippen LogP contribution is -2.22. The van der Waals surface area contributed by atoms with E-state index in [4.69, 9.17) is 9.47 Å². The maximum atomic E-state index is 5.63. The van der Waals surface area contributed by atoms with Crippen molar-refractivity contribution in [2.75, 3.05) is 33.5 Å². The molecule has 0 saturated heterocycles. The van der Waals surface area contributed by atoms with Crippen LogP contribution in [0.1, 0.15) is 30.5 Å². The minimum Gasteiger partial charge on any atom is -0.379 e. The Balaban J connectivity index is 2.27. The lowest BCUT2D eigenvalue weighted by molar-refractivity contribution is 0.0399. The van der Waals surface area contributed by atoms with Gasteiger partial charge in [0.15, 0.2) is 0 Å². The van der Waals surface area contributed by atoms with Crippen LogP contribution in [0.25, 0.3) is 0 Å². The van der Waals surface area contributed by atoms with Gasteiger partial charge in [-0.05, 0) is 26.0 Å². The quantitative estimate of drug-likeness (QED) is 0.685. The summed E-state index contributed by atoms with van der Waals surface area (Å²) in [6, 6.07) is 8.80. The zero-order chi connectivity index (χ0) is 13.2. The number of benzene rings is 1. The van der Waals surface area contributed by atoms with E-state index in [0.29, 0.717) is 19.8 Å². The summed E-state index contributed by atoms with van der Waals surface area (Å²) in [4.78, 5) is 0. The van der Waals surface area contributed by atoms with Gasteiger partial charge in [-0.15, -0.1) is 0 Å². The van der Waals surface area contributed by atoms with Crippen molar-refractivity contribution in [2.45, 2.75) is 26.3 Å².